The van der Waals surface area contributed by atoms with Gasteiger partial charge in [0.25, 0.3) is 0 Å². The predicted octanol–water partition coefficient (Wildman–Crippen LogP) is -0.959. The molecular weight excluding hydrogens is 185 g/mol. The fraction of sp³-hybridized carbons (Fsp3) is 0.500. The van der Waals surface area contributed by atoms with Crippen molar-refractivity contribution in [2.45, 2.75) is 6.92 Å². The van der Waals surface area contributed by atoms with Gasteiger partial charge in [0.15, 0.2) is 0 Å². The quantitative estimate of drug-likeness (QED) is 0.428. The van der Waals surface area contributed by atoms with Crippen molar-refractivity contribution >= 4 is 62.5 Å². The minimum atomic E-state index is -4.57. The SMILES string of the molecule is CC(=O)OS(=O)(=O)O.[H-].[H-].[H-].[H-].[Mg+2].[Mg+2]. The van der Waals surface area contributed by atoms with Gasteiger partial charge < -0.3 is 9.89 Å². The van der Waals surface area contributed by atoms with Gasteiger partial charge in [-0.15, -0.1) is 0 Å². The Morgan fingerprint density at radius 1 is 1.50 bits per heavy atom. The summed E-state index contributed by atoms with van der Waals surface area (Å²) in [6.45, 7) is 0.869. The molecule has 0 radical (unpaired) electrons. The van der Waals surface area contributed by atoms with Gasteiger partial charge in [-0.2, -0.15) is 8.42 Å². The number of carbonyl (C=O) groups excluding carboxylic acids is 1. The second-order valence-corrected chi connectivity index (χ2v) is 2.02. The van der Waals surface area contributed by atoms with Crippen molar-refractivity contribution < 1.29 is 27.7 Å². The minimum absolute atomic E-state index is 0. The maximum absolute atomic E-state index is 9.70. The summed E-state index contributed by atoms with van der Waals surface area (Å²) in [5, 5.41) is 0. The standard InChI is InChI=1S/C2H4O5S.2Mg.4H/c1-2(3)7-8(4,5)6;;;;;;/h1H3,(H,4,5,6);;;;;;/q;2*+2;4*-1. The Bertz CT molecular complexity index is 196. The predicted molar refractivity (Wildman–Crippen MR) is 39.3 cm³/mol. The van der Waals surface area contributed by atoms with Crippen LogP contribution in [0.4, 0.5) is 0 Å². The molecule has 56 valence electrons. The van der Waals surface area contributed by atoms with E-state index >= 15 is 0 Å². The number of rotatable bonds is 1. The first-order valence-corrected chi connectivity index (χ1v) is 2.96. The van der Waals surface area contributed by atoms with Crippen LogP contribution in [0.2, 0.25) is 0 Å². The second kappa shape index (κ2) is 6.61. The Kier molecular flexibility index (Phi) is 11.3. The molecule has 8 heteroatoms. The van der Waals surface area contributed by atoms with Crippen LogP contribution in [0.5, 0.6) is 0 Å². The van der Waals surface area contributed by atoms with Crippen molar-refractivity contribution in [1.29, 1.82) is 0 Å². The zero-order chi connectivity index (χ0) is 6.78. The van der Waals surface area contributed by atoms with Crippen LogP contribution in [0, 0.1) is 0 Å². The first kappa shape index (κ1) is 17.1. The summed E-state index contributed by atoms with van der Waals surface area (Å²) < 4.78 is 30.2. The van der Waals surface area contributed by atoms with E-state index in [-0.39, 0.29) is 51.8 Å². The zero-order valence-corrected chi connectivity index (χ0v) is 9.05. The molecule has 0 amide bonds. The molecule has 0 aliphatic heterocycles. The smallest absolute Gasteiger partial charge is 1.00 e. The van der Waals surface area contributed by atoms with E-state index in [0.717, 1.165) is 6.92 Å². The summed E-state index contributed by atoms with van der Waals surface area (Å²) in [6.07, 6.45) is 0. The van der Waals surface area contributed by atoms with Gasteiger partial charge in [0.1, 0.15) is 0 Å². The normalized spacial score (nSPS) is 8.60. The molecule has 1 N–H and O–H groups in total. The molecule has 0 heterocycles. The average Bonchev–Trinajstić information content (AvgIpc) is 1.21. The van der Waals surface area contributed by atoms with Gasteiger partial charge in [-0.1, -0.05) is 0 Å². The monoisotopic (exact) mass is 192 g/mol. The summed E-state index contributed by atoms with van der Waals surface area (Å²) in [7, 11) is -4.57. The molecule has 0 saturated heterocycles. The molecule has 0 aromatic heterocycles. The summed E-state index contributed by atoms with van der Waals surface area (Å²) >= 11 is 0. The first-order valence-electron chi connectivity index (χ1n) is 1.59. The van der Waals surface area contributed by atoms with E-state index in [1.165, 1.54) is 0 Å². The third kappa shape index (κ3) is 16.0. The molecular formula is C2H8Mg2O5S. The Morgan fingerprint density at radius 2 is 1.80 bits per heavy atom. The third-order valence-electron chi connectivity index (χ3n) is 0.223. The van der Waals surface area contributed by atoms with Gasteiger partial charge >= 0.3 is 62.5 Å². The van der Waals surface area contributed by atoms with Gasteiger partial charge in [0, 0.05) is 6.92 Å². The summed E-state index contributed by atoms with van der Waals surface area (Å²) in [5.74, 6) is -1.06. The maximum Gasteiger partial charge on any atom is 2.00 e. The molecule has 0 unspecified atom stereocenters. The van der Waals surface area contributed by atoms with E-state index in [1.54, 1.807) is 0 Å². The minimum Gasteiger partial charge on any atom is -1.00 e. The van der Waals surface area contributed by atoms with Crippen molar-refractivity contribution in [1.82, 2.24) is 0 Å². The van der Waals surface area contributed by atoms with Crippen molar-refractivity contribution in [3.05, 3.63) is 0 Å². The maximum atomic E-state index is 9.70. The van der Waals surface area contributed by atoms with Crippen LogP contribution in [0.3, 0.4) is 0 Å². The topological polar surface area (TPSA) is 80.7 Å². The molecule has 5 nitrogen and oxygen atoms in total. The largest absolute Gasteiger partial charge is 2.00 e. The molecule has 0 bridgehead atoms. The van der Waals surface area contributed by atoms with Crippen LogP contribution < -0.4 is 0 Å². The number of carbonyl (C=O) groups is 1. The molecule has 0 rings (SSSR count). The number of hydrogen-bond donors (Lipinski definition) is 1. The Balaban J connectivity index is -0.0000000163. The van der Waals surface area contributed by atoms with E-state index in [4.69, 9.17) is 4.55 Å². The van der Waals surface area contributed by atoms with Crippen LogP contribution in [0.15, 0.2) is 0 Å². The van der Waals surface area contributed by atoms with Gasteiger partial charge in [0.05, 0.1) is 0 Å². The van der Waals surface area contributed by atoms with Crippen LogP contribution in [0.1, 0.15) is 12.6 Å². The van der Waals surface area contributed by atoms with Gasteiger partial charge in [-0.3, -0.25) is 9.35 Å². The molecule has 0 aromatic carbocycles. The summed E-state index contributed by atoms with van der Waals surface area (Å²) in [5.41, 5.74) is 0. The molecule has 0 saturated carbocycles. The van der Waals surface area contributed by atoms with E-state index in [0.29, 0.717) is 0 Å². The van der Waals surface area contributed by atoms with Crippen molar-refractivity contribution in [3.63, 3.8) is 0 Å². The third-order valence-corrected chi connectivity index (χ3v) is 0.668. The first-order chi connectivity index (χ1) is 3.42. The molecule has 0 fully saturated rings. The van der Waals surface area contributed by atoms with Gasteiger partial charge in [-0.05, 0) is 0 Å². The average molecular weight is 193 g/mol. The van der Waals surface area contributed by atoms with Crippen LogP contribution >= 0.6 is 0 Å². The van der Waals surface area contributed by atoms with Crippen LogP contribution in [-0.4, -0.2) is 65.0 Å². The molecule has 0 spiro atoms. The van der Waals surface area contributed by atoms with Gasteiger partial charge in [0.2, 0.25) is 0 Å². The summed E-state index contributed by atoms with van der Waals surface area (Å²) in [6, 6.07) is 0. The molecule has 0 atom stereocenters. The van der Waals surface area contributed by atoms with Crippen LogP contribution in [0.25, 0.3) is 0 Å². The molecule has 0 aliphatic carbocycles. The second-order valence-electron chi connectivity index (χ2n) is 1.00. The fourth-order valence-corrected chi connectivity index (χ4v) is 0.445. The van der Waals surface area contributed by atoms with Crippen molar-refractivity contribution in [2.75, 3.05) is 0 Å². The Hall–Kier alpha value is 0.912. The molecule has 10 heavy (non-hydrogen) atoms. The zero-order valence-electron chi connectivity index (χ0n) is 9.40. The van der Waals surface area contributed by atoms with Crippen LogP contribution in [-0.2, 0) is 19.4 Å². The molecule has 0 aromatic rings. The van der Waals surface area contributed by atoms with E-state index in [1.807, 2.05) is 0 Å². The van der Waals surface area contributed by atoms with Crippen molar-refractivity contribution in [2.24, 2.45) is 0 Å². The van der Waals surface area contributed by atoms with E-state index < -0.39 is 16.4 Å². The Labute approximate surface area is 96.7 Å². The van der Waals surface area contributed by atoms with Gasteiger partial charge in [-0.25, -0.2) is 0 Å². The number of hydrogen-bond acceptors (Lipinski definition) is 4. The molecule has 0 aliphatic rings. The Morgan fingerprint density at radius 3 is 1.80 bits per heavy atom. The van der Waals surface area contributed by atoms with Crippen molar-refractivity contribution in [3.8, 4) is 0 Å². The summed E-state index contributed by atoms with van der Waals surface area (Å²) in [4.78, 5) is 9.70. The van der Waals surface area contributed by atoms with E-state index in [2.05, 4.69) is 4.18 Å². The fourth-order valence-electron chi connectivity index (χ4n) is 0.148. The van der Waals surface area contributed by atoms with E-state index in [9.17, 15) is 13.2 Å².